The first-order valence-corrected chi connectivity index (χ1v) is 7.14. The molecule has 106 valence electrons. The molecule has 1 aromatic heterocycles. The van der Waals surface area contributed by atoms with Crippen molar-refractivity contribution < 1.29 is 9.53 Å². The summed E-state index contributed by atoms with van der Waals surface area (Å²) < 4.78 is 5.76. The van der Waals surface area contributed by atoms with Crippen LogP contribution in [0, 0.1) is 13.8 Å². The first-order chi connectivity index (χ1) is 9.61. The van der Waals surface area contributed by atoms with Crippen LogP contribution in [0.2, 0.25) is 0 Å². The lowest BCUT2D eigenvalue weighted by Gasteiger charge is -2.09. The van der Waals surface area contributed by atoms with Crippen LogP contribution in [0.25, 0.3) is 0 Å². The van der Waals surface area contributed by atoms with E-state index in [9.17, 15) is 4.79 Å². The van der Waals surface area contributed by atoms with Crippen molar-refractivity contribution in [1.29, 1.82) is 0 Å². The minimum atomic E-state index is -0.372. The molecule has 0 atom stereocenters. The van der Waals surface area contributed by atoms with Crippen LogP contribution in [0.1, 0.15) is 26.6 Å². The average molecular weight is 291 g/mol. The molecule has 0 aliphatic heterocycles. The third-order valence-corrected chi connectivity index (χ3v) is 3.95. The van der Waals surface area contributed by atoms with Crippen LogP contribution in [-0.2, 0) is 6.42 Å². The molecule has 3 N–H and O–H groups in total. The number of amides is 1. The predicted octanol–water partition coefficient (Wildman–Crippen LogP) is 1.98. The maximum Gasteiger partial charge on any atom is 0.284 e. The monoisotopic (exact) mass is 291 g/mol. The van der Waals surface area contributed by atoms with Crippen molar-refractivity contribution in [3.8, 4) is 5.75 Å². The van der Waals surface area contributed by atoms with Gasteiger partial charge >= 0.3 is 0 Å². The van der Waals surface area contributed by atoms with Crippen molar-refractivity contribution in [3.63, 3.8) is 0 Å². The molecule has 0 saturated heterocycles. The number of aryl methyl sites for hydroxylation is 1. The second-order valence-electron chi connectivity index (χ2n) is 4.40. The fraction of sp³-hybridized carbons (Fsp3) is 0.286. The number of nitrogen functional groups attached to an aromatic ring is 1. The number of nitrogens with two attached hydrogens (primary N) is 1. The number of thiazole rings is 1. The number of carbonyl (C=O) groups is 1. The summed E-state index contributed by atoms with van der Waals surface area (Å²) in [5.74, 6) is 5.58. The molecule has 0 bridgehead atoms. The Labute approximate surface area is 121 Å². The van der Waals surface area contributed by atoms with E-state index in [0.29, 0.717) is 18.7 Å². The topological polar surface area (TPSA) is 77.2 Å². The summed E-state index contributed by atoms with van der Waals surface area (Å²) in [6.07, 6.45) is 0.663. The predicted molar refractivity (Wildman–Crippen MR) is 78.9 cm³/mol. The molecular weight excluding hydrogens is 274 g/mol. The normalized spacial score (nSPS) is 10.3. The third kappa shape index (κ3) is 3.34. The van der Waals surface area contributed by atoms with E-state index >= 15 is 0 Å². The zero-order valence-electron chi connectivity index (χ0n) is 11.5. The van der Waals surface area contributed by atoms with Crippen molar-refractivity contribution in [2.75, 3.05) is 6.61 Å². The molecule has 0 saturated carbocycles. The van der Waals surface area contributed by atoms with E-state index < -0.39 is 0 Å². The highest BCUT2D eigenvalue weighted by molar-refractivity contribution is 7.09. The number of nitrogens with one attached hydrogen (secondary N) is 1. The van der Waals surface area contributed by atoms with Crippen molar-refractivity contribution in [2.24, 2.45) is 5.84 Å². The van der Waals surface area contributed by atoms with Crippen molar-refractivity contribution in [2.45, 2.75) is 20.3 Å². The molecule has 1 aromatic carbocycles. The van der Waals surface area contributed by atoms with Crippen LogP contribution < -0.4 is 16.0 Å². The zero-order valence-corrected chi connectivity index (χ0v) is 12.3. The van der Waals surface area contributed by atoms with E-state index in [1.54, 1.807) is 5.38 Å². The van der Waals surface area contributed by atoms with Gasteiger partial charge in [-0.2, -0.15) is 0 Å². The number of hydrogen-bond donors (Lipinski definition) is 2. The van der Waals surface area contributed by atoms with E-state index in [0.717, 1.165) is 16.3 Å². The highest BCUT2D eigenvalue weighted by atomic mass is 32.1. The summed E-state index contributed by atoms with van der Waals surface area (Å²) in [4.78, 5) is 15.5. The summed E-state index contributed by atoms with van der Waals surface area (Å²) in [6.45, 7) is 4.62. The van der Waals surface area contributed by atoms with Crippen LogP contribution in [0.15, 0.2) is 23.6 Å². The molecule has 1 amide bonds. The number of rotatable bonds is 5. The maximum atomic E-state index is 11.3. The van der Waals surface area contributed by atoms with Crippen molar-refractivity contribution in [1.82, 2.24) is 10.4 Å². The van der Waals surface area contributed by atoms with E-state index in [4.69, 9.17) is 10.6 Å². The molecular formula is C14H17N3O2S. The Hall–Kier alpha value is -1.92. The molecule has 0 unspecified atom stereocenters. The maximum absolute atomic E-state index is 11.3. The van der Waals surface area contributed by atoms with Gasteiger partial charge in [-0.25, -0.2) is 10.8 Å². The second kappa shape index (κ2) is 6.49. The van der Waals surface area contributed by atoms with E-state index in [-0.39, 0.29) is 5.91 Å². The minimum Gasteiger partial charge on any atom is -0.493 e. The lowest BCUT2D eigenvalue weighted by molar-refractivity contribution is 0.0949. The van der Waals surface area contributed by atoms with Crippen LogP contribution in [0.4, 0.5) is 0 Å². The van der Waals surface area contributed by atoms with Gasteiger partial charge in [-0.05, 0) is 31.0 Å². The molecule has 0 fully saturated rings. The fourth-order valence-corrected chi connectivity index (χ4v) is 2.49. The Balaban J connectivity index is 1.91. The van der Waals surface area contributed by atoms with Gasteiger partial charge in [-0.15, -0.1) is 11.3 Å². The van der Waals surface area contributed by atoms with Crippen LogP contribution in [0.3, 0.4) is 0 Å². The molecule has 0 aliphatic carbocycles. The van der Waals surface area contributed by atoms with Crippen molar-refractivity contribution >= 4 is 17.2 Å². The Morgan fingerprint density at radius 3 is 3.00 bits per heavy atom. The molecule has 20 heavy (non-hydrogen) atoms. The molecule has 5 nitrogen and oxygen atoms in total. The minimum absolute atomic E-state index is 0.347. The standard InChI is InChI=1S/C14H17N3O2S/c1-9-4-3-5-12(10(9)2)19-7-6-13-16-11(8-20-13)14(18)17-15/h3-5,8H,6-7,15H2,1-2H3,(H,17,18). The SMILES string of the molecule is Cc1cccc(OCCc2nc(C(=O)NN)cs2)c1C. The largest absolute Gasteiger partial charge is 0.493 e. The average Bonchev–Trinajstić information content (AvgIpc) is 2.91. The molecule has 0 spiro atoms. The molecule has 2 rings (SSSR count). The van der Waals surface area contributed by atoms with Gasteiger partial charge in [0.15, 0.2) is 0 Å². The zero-order chi connectivity index (χ0) is 14.5. The number of aromatic nitrogens is 1. The number of nitrogens with zero attached hydrogens (tertiary/aromatic N) is 1. The van der Waals surface area contributed by atoms with E-state index in [1.165, 1.54) is 16.9 Å². The van der Waals surface area contributed by atoms with Crippen molar-refractivity contribution in [3.05, 3.63) is 45.4 Å². The Morgan fingerprint density at radius 2 is 2.25 bits per heavy atom. The van der Waals surface area contributed by atoms with E-state index in [2.05, 4.69) is 23.4 Å². The smallest absolute Gasteiger partial charge is 0.284 e. The summed E-state index contributed by atoms with van der Waals surface area (Å²) in [5, 5.41) is 2.55. The van der Waals surface area contributed by atoms with Gasteiger partial charge in [0.05, 0.1) is 11.6 Å². The summed E-state index contributed by atoms with van der Waals surface area (Å²) in [6, 6.07) is 5.99. The molecule has 1 heterocycles. The summed E-state index contributed by atoms with van der Waals surface area (Å²) in [7, 11) is 0. The van der Waals surface area contributed by atoms with Gasteiger partial charge in [0, 0.05) is 11.8 Å². The van der Waals surface area contributed by atoms with E-state index in [1.807, 2.05) is 19.1 Å². The second-order valence-corrected chi connectivity index (χ2v) is 5.34. The molecule has 6 heteroatoms. The molecule has 0 radical (unpaired) electrons. The lowest BCUT2D eigenvalue weighted by atomic mass is 10.1. The number of ether oxygens (including phenoxy) is 1. The number of hydrogen-bond acceptors (Lipinski definition) is 5. The van der Waals surface area contributed by atoms with Gasteiger partial charge in [0.1, 0.15) is 11.4 Å². The summed E-state index contributed by atoms with van der Waals surface area (Å²) >= 11 is 1.43. The molecule has 2 aromatic rings. The highest BCUT2D eigenvalue weighted by Crippen LogP contribution is 2.21. The van der Waals surface area contributed by atoms with Crippen LogP contribution >= 0.6 is 11.3 Å². The quantitative estimate of drug-likeness (QED) is 0.502. The number of hydrazine groups is 1. The number of carbonyl (C=O) groups excluding carboxylic acids is 1. The van der Waals surface area contributed by atoms with Crippen LogP contribution in [0.5, 0.6) is 5.75 Å². The Bertz CT molecular complexity index is 610. The lowest BCUT2D eigenvalue weighted by Crippen LogP contribution is -2.30. The van der Waals surface area contributed by atoms with Gasteiger partial charge < -0.3 is 4.74 Å². The Kier molecular flexibility index (Phi) is 4.70. The van der Waals surface area contributed by atoms with Crippen LogP contribution in [-0.4, -0.2) is 17.5 Å². The molecule has 0 aliphatic rings. The fourth-order valence-electron chi connectivity index (χ4n) is 1.73. The van der Waals surface area contributed by atoms with Gasteiger partial charge in [-0.3, -0.25) is 10.2 Å². The van der Waals surface area contributed by atoms with Gasteiger partial charge in [0.25, 0.3) is 5.91 Å². The first kappa shape index (κ1) is 14.5. The Morgan fingerprint density at radius 1 is 1.45 bits per heavy atom. The highest BCUT2D eigenvalue weighted by Gasteiger charge is 2.09. The summed E-state index contributed by atoms with van der Waals surface area (Å²) in [5.41, 5.74) is 4.77. The third-order valence-electron chi connectivity index (χ3n) is 3.04. The number of benzene rings is 1. The first-order valence-electron chi connectivity index (χ1n) is 6.26. The van der Waals surface area contributed by atoms with Gasteiger partial charge in [-0.1, -0.05) is 12.1 Å². The van der Waals surface area contributed by atoms with Gasteiger partial charge in [0.2, 0.25) is 0 Å².